The Labute approximate surface area is 79.4 Å². The van der Waals surface area contributed by atoms with E-state index in [0.717, 1.165) is 5.01 Å². The molecule has 3 nitrogen and oxygen atoms in total. The van der Waals surface area contributed by atoms with Crippen LogP contribution in [0.15, 0.2) is 5.38 Å². The number of halogens is 1. The van der Waals surface area contributed by atoms with E-state index in [9.17, 15) is 4.39 Å². The highest BCUT2D eigenvalue weighted by molar-refractivity contribution is 7.09. The van der Waals surface area contributed by atoms with Crippen molar-refractivity contribution in [3.63, 3.8) is 0 Å². The summed E-state index contributed by atoms with van der Waals surface area (Å²) in [5, 5.41) is 11.1. The van der Waals surface area contributed by atoms with E-state index in [4.69, 9.17) is 5.26 Å². The Hall–Kier alpha value is -0.990. The number of hydrogen-bond donors (Lipinski definition) is 0. The Morgan fingerprint density at radius 2 is 2.54 bits per heavy atom. The predicted molar refractivity (Wildman–Crippen MR) is 47.0 cm³/mol. The topological polar surface area (TPSA) is 39.9 Å². The molecule has 68 valence electrons. The van der Waals surface area contributed by atoms with Crippen molar-refractivity contribution in [3.8, 4) is 6.07 Å². The number of hydrogen-bond acceptors (Lipinski definition) is 4. The van der Waals surface area contributed by atoms with Gasteiger partial charge in [-0.25, -0.2) is 9.37 Å². The summed E-state index contributed by atoms with van der Waals surface area (Å²) in [6.07, 6.45) is -0.671. The minimum absolute atomic E-state index is 0.456. The summed E-state index contributed by atoms with van der Waals surface area (Å²) in [4.78, 5) is 6.05. The second kappa shape index (κ2) is 3.40. The van der Waals surface area contributed by atoms with Crippen molar-refractivity contribution in [1.82, 2.24) is 9.88 Å². The average molecular weight is 197 g/mol. The molecule has 0 N–H and O–H groups in total. The van der Waals surface area contributed by atoms with E-state index < -0.39 is 6.17 Å². The van der Waals surface area contributed by atoms with Crippen LogP contribution >= 0.6 is 11.3 Å². The van der Waals surface area contributed by atoms with Crippen LogP contribution in [0.2, 0.25) is 0 Å². The monoisotopic (exact) mass is 197 g/mol. The van der Waals surface area contributed by atoms with Crippen molar-refractivity contribution in [3.05, 3.63) is 16.1 Å². The lowest BCUT2D eigenvalue weighted by atomic mass is 10.2. The highest BCUT2D eigenvalue weighted by atomic mass is 32.1. The smallest absolute Gasteiger partial charge is 0.151 e. The molecule has 1 aromatic heterocycles. The second-order valence-corrected chi connectivity index (χ2v) is 3.97. The van der Waals surface area contributed by atoms with Gasteiger partial charge in [-0.2, -0.15) is 5.26 Å². The maximum absolute atomic E-state index is 12.4. The summed E-state index contributed by atoms with van der Waals surface area (Å²) in [7, 11) is 0. The lowest BCUT2D eigenvalue weighted by Gasteiger charge is -2.33. The van der Waals surface area contributed by atoms with Crippen LogP contribution < -0.4 is 0 Å². The molecule has 13 heavy (non-hydrogen) atoms. The van der Waals surface area contributed by atoms with Crippen molar-refractivity contribution < 1.29 is 4.39 Å². The summed E-state index contributed by atoms with van der Waals surface area (Å²) in [5.41, 5.74) is 0.456. The van der Waals surface area contributed by atoms with Crippen molar-refractivity contribution in [2.75, 3.05) is 13.1 Å². The summed E-state index contributed by atoms with van der Waals surface area (Å²) < 4.78 is 12.4. The van der Waals surface area contributed by atoms with Crippen LogP contribution in [0.5, 0.6) is 0 Å². The molecule has 5 heteroatoms. The number of rotatable bonds is 2. The Morgan fingerprint density at radius 1 is 1.77 bits per heavy atom. The highest BCUT2D eigenvalue weighted by Gasteiger charge is 2.26. The zero-order valence-electron chi connectivity index (χ0n) is 6.90. The molecule has 1 aliphatic rings. The SMILES string of the molecule is N#Cc1csc(CN2CC(F)C2)n1. The van der Waals surface area contributed by atoms with E-state index in [2.05, 4.69) is 4.98 Å². The van der Waals surface area contributed by atoms with E-state index in [1.165, 1.54) is 11.3 Å². The second-order valence-electron chi connectivity index (χ2n) is 3.03. The van der Waals surface area contributed by atoms with E-state index in [-0.39, 0.29) is 0 Å². The van der Waals surface area contributed by atoms with E-state index in [1.807, 2.05) is 11.0 Å². The molecule has 0 radical (unpaired) electrons. The fraction of sp³-hybridized carbons (Fsp3) is 0.500. The van der Waals surface area contributed by atoms with Crippen molar-refractivity contribution >= 4 is 11.3 Å². The van der Waals surface area contributed by atoms with Crippen LogP contribution in [-0.4, -0.2) is 29.1 Å². The maximum Gasteiger partial charge on any atom is 0.151 e. The first-order chi connectivity index (χ1) is 6.28. The summed E-state index contributed by atoms with van der Waals surface area (Å²) in [6, 6.07) is 1.97. The van der Waals surface area contributed by atoms with Crippen LogP contribution in [0.1, 0.15) is 10.7 Å². The zero-order valence-corrected chi connectivity index (χ0v) is 7.72. The summed E-state index contributed by atoms with van der Waals surface area (Å²) in [5.74, 6) is 0. The van der Waals surface area contributed by atoms with E-state index >= 15 is 0 Å². The molecule has 2 rings (SSSR count). The molecule has 0 spiro atoms. The number of nitrogens with zero attached hydrogens (tertiary/aromatic N) is 3. The van der Waals surface area contributed by atoms with Crippen LogP contribution in [-0.2, 0) is 6.54 Å². The number of aromatic nitrogens is 1. The largest absolute Gasteiger partial charge is 0.291 e. The molecule has 0 aliphatic carbocycles. The minimum Gasteiger partial charge on any atom is -0.291 e. The molecule has 1 fully saturated rings. The fourth-order valence-electron chi connectivity index (χ4n) is 1.26. The van der Waals surface area contributed by atoms with Gasteiger partial charge in [-0.1, -0.05) is 0 Å². The van der Waals surface area contributed by atoms with Gasteiger partial charge in [0.05, 0.1) is 6.54 Å². The standard InChI is InChI=1S/C8H8FN3S/c9-6-2-12(3-6)4-8-11-7(1-10)5-13-8/h5-6H,2-4H2. The number of thiazole rings is 1. The molecular weight excluding hydrogens is 189 g/mol. The Bertz CT molecular complexity index is 337. The van der Waals surface area contributed by atoms with Gasteiger partial charge in [-0.3, -0.25) is 4.90 Å². The minimum atomic E-state index is -0.671. The lowest BCUT2D eigenvalue weighted by molar-refractivity contribution is 0.0590. The molecule has 0 saturated carbocycles. The number of nitriles is 1. The van der Waals surface area contributed by atoms with Gasteiger partial charge in [-0.05, 0) is 0 Å². The van der Waals surface area contributed by atoms with Crippen LogP contribution in [0, 0.1) is 11.3 Å². The Kier molecular flexibility index (Phi) is 2.25. The van der Waals surface area contributed by atoms with Gasteiger partial charge in [0.15, 0.2) is 5.69 Å². The average Bonchev–Trinajstić information content (AvgIpc) is 2.50. The molecule has 0 aromatic carbocycles. The molecular formula is C8H8FN3S. The molecule has 2 heterocycles. The third-order valence-corrected chi connectivity index (χ3v) is 2.77. The summed E-state index contributed by atoms with van der Waals surface area (Å²) in [6.45, 7) is 1.68. The third kappa shape index (κ3) is 1.85. The van der Waals surface area contributed by atoms with E-state index in [0.29, 0.717) is 25.3 Å². The van der Waals surface area contributed by atoms with Gasteiger partial charge in [-0.15, -0.1) is 11.3 Å². The van der Waals surface area contributed by atoms with Gasteiger partial charge >= 0.3 is 0 Å². The third-order valence-electron chi connectivity index (χ3n) is 1.94. The first kappa shape index (κ1) is 8.60. The lowest BCUT2D eigenvalue weighted by Crippen LogP contribution is -2.47. The maximum atomic E-state index is 12.4. The van der Waals surface area contributed by atoms with Gasteiger partial charge in [0.25, 0.3) is 0 Å². The molecule has 0 amide bonds. The van der Waals surface area contributed by atoms with Gasteiger partial charge < -0.3 is 0 Å². The molecule has 0 bridgehead atoms. The van der Waals surface area contributed by atoms with Crippen LogP contribution in [0.3, 0.4) is 0 Å². The molecule has 0 unspecified atom stereocenters. The molecule has 1 aliphatic heterocycles. The first-order valence-electron chi connectivity index (χ1n) is 3.99. The Balaban J connectivity index is 1.92. The van der Waals surface area contributed by atoms with Gasteiger partial charge in [0, 0.05) is 18.5 Å². The number of alkyl halides is 1. The highest BCUT2D eigenvalue weighted by Crippen LogP contribution is 2.17. The Morgan fingerprint density at radius 3 is 3.08 bits per heavy atom. The van der Waals surface area contributed by atoms with E-state index in [1.54, 1.807) is 5.38 Å². The normalized spacial score (nSPS) is 18.2. The van der Waals surface area contributed by atoms with Crippen LogP contribution in [0.25, 0.3) is 0 Å². The summed E-state index contributed by atoms with van der Waals surface area (Å²) >= 11 is 1.46. The first-order valence-corrected chi connectivity index (χ1v) is 4.87. The number of likely N-dealkylation sites (tertiary alicyclic amines) is 1. The van der Waals surface area contributed by atoms with Gasteiger partial charge in [0.2, 0.25) is 0 Å². The van der Waals surface area contributed by atoms with Crippen LogP contribution in [0.4, 0.5) is 4.39 Å². The molecule has 0 atom stereocenters. The zero-order chi connectivity index (χ0) is 9.26. The molecule has 1 aromatic rings. The fourth-order valence-corrected chi connectivity index (χ4v) is 2.02. The van der Waals surface area contributed by atoms with Gasteiger partial charge in [0.1, 0.15) is 17.2 Å². The van der Waals surface area contributed by atoms with Crippen molar-refractivity contribution in [2.45, 2.75) is 12.7 Å². The van der Waals surface area contributed by atoms with Crippen molar-refractivity contribution in [2.24, 2.45) is 0 Å². The quantitative estimate of drug-likeness (QED) is 0.714. The predicted octanol–water partition coefficient (Wildman–Crippen LogP) is 1.17. The van der Waals surface area contributed by atoms with Crippen molar-refractivity contribution in [1.29, 1.82) is 5.26 Å². The molecule has 1 saturated heterocycles.